The summed E-state index contributed by atoms with van der Waals surface area (Å²) >= 11 is 5.92. The fourth-order valence-electron chi connectivity index (χ4n) is 3.30. The van der Waals surface area contributed by atoms with E-state index in [-0.39, 0.29) is 11.6 Å². The zero-order valence-corrected chi connectivity index (χ0v) is 20.1. The van der Waals surface area contributed by atoms with E-state index in [0.29, 0.717) is 41.7 Å². The maximum Gasteiger partial charge on any atom is 0.363 e. The third-order valence-corrected chi connectivity index (χ3v) is 5.31. The molecule has 3 aromatic rings. The Balaban J connectivity index is 1.35. The summed E-state index contributed by atoms with van der Waals surface area (Å²) in [5.41, 5.74) is 1.59. The fourth-order valence-corrected chi connectivity index (χ4v) is 3.42. The van der Waals surface area contributed by atoms with Crippen LogP contribution in [0.5, 0.6) is 23.0 Å². The predicted molar refractivity (Wildman–Crippen MR) is 134 cm³/mol. The van der Waals surface area contributed by atoms with Crippen LogP contribution in [0, 0.1) is 0 Å². The van der Waals surface area contributed by atoms with Gasteiger partial charge in [0.25, 0.3) is 0 Å². The first-order chi connectivity index (χ1) is 17.1. The Morgan fingerprint density at radius 1 is 0.886 bits per heavy atom. The van der Waals surface area contributed by atoms with Gasteiger partial charge in [0.2, 0.25) is 5.90 Å². The predicted octanol–water partition coefficient (Wildman–Crippen LogP) is 5.55. The third-order valence-electron chi connectivity index (χ3n) is 5.06. The van der Waals surface area contributed by atoms with Gasteiger partial charge < -0.3 is 23.7 Å². The Morgan fingerprint density at radius 2 is 1.66 bits per heavy atom. The van der Waals surface area contributed by atoms with Crippen molar-refractivity contribution >= 4 is 29.5 Å². The van der Waals surface area contributed by atoms with Crippen LogP contribution in [0.2, 0.25) is 5.02 Å². The molecule has 0 saturated heterocycles. The normalized spacial score (nSPS) is 13.9. The molecule has 0 atom stereocenters. The van der Waals surface area contributed by atoms with Crippen molar-refractivity contribution in [2.24, 2.45) is 4.99 Å². The summed E-state index contributed by atoms with van der Waals surface area (Å²) in [7, 11) is 3.18. The number of hydrogen-bond acceptors (Lipinski definition) is 7. The monoisotopic (exact) mass is 493 g/mol. The van der Waals surface area contributed by atoms with Crippen molar-refractivity contribution < 1.29 is 28.5 Å². The summed E-state index contributed by atoms with van der Waals surface area (Å²) in [5, 5.41) is 0.591. The van der Waals surface area contributed by atoms with Crippen LogP contribution in [-0.2, 0) is 9.53 Å². The van der Waals surface area contributed by atoms with Gasteiger partial charge in [-0.2, -0.15) is 0 Å². The Bertz CT molecular complexity index is 1250. The Morgan fingerprint density at radius 3 is 2.43 bits per heavy atom. The number of halogens is 1. The average Bonchev–Trinajstić information content (AvgIpc) is 3.24. The molecule has 4 rings (SSSR count). The van der Waals surface area contributed by atoms with Gasteiger partial charge in [-0.05, 0) is 60.2 Å². The minimum Gasteiger partial charge on any atom is -0.497 e. The first-order valence-electron chi connectivity index (χ1n) is 10.9. The molecule has 1 aliphatic heterocycles. The number of esters is 1. The van der Waals surface area contributed by atoms with Crippen molar-refractivity contribution in [2.45, 2.75) is 6.42 Å². The molecule has 0 unspecified atom stereocenters. The smallest absolute Gasteiger partial charge is 0.363 e. The van der Waals surface area contributed by atoms with Gasteiger partial charge in [-0.3, -0.25) is 0 Å². The van der Waals surface area contributed by atoms with E-state index in [2.05, 4.69) is 4.99 Å². The zero-order chi connectivity index (χ0) is 24.6. The molecule has 0 spiro atoms. The van der Waals surface area contributed by atoms with Gasteiger partial charge in [-0.25, -0.2) is 9.79 Å². The van der Waals surface area contributed by atoms with E-state index < -0.39 is 5.97 Å². The number of aliphatic imine (C=N–C) groups is 1. The Kier molecular flexibility index (Phi) is 7.90. The van der Waals surface area contributed by atoms with Crippen molar-refractivity contribution in [3.63, 3.8) is 0 Å². The number of ether oxygens (including phenoxy) is 5. The third kappa shape index (κ3) is 6.33. The molecular weight excluding hydrogens is 470 g/mol. The maximum absolute atomic E-state index is 12.3. The van der Waals surface area contributed by atoms with E-state index in [1.807, 2.05) is 30.3 Å². The second-order valence-corrected chi connectivity index (χ2v) is 7.92. The molecule has 8 heteroatoms. The summed E-state index contributed by atoms with van der Waals surface area (Å²) in [5.74, 6) is 2.34. The van der Waals surface area contributed by atoms with Gasteiger partial charge in [0, 0.05) is 23.1 Å². The van der Waals surface area contributed by atoms with Crippen molar-refractivity contribution in [1.29, 1.82) is 0 Å². The van der Waals surface area contributed by atoms with Crippen molar-refractivity contribution in [3.05, 3.63) is 88.6 Å². The summed E-state index contributed by atoms with van der Waals surface area (Å²) in [6, 6.07) is 19.7. The van der Waals surface area contributed by atoms with Gasteiger partial charge in [0.1, 0.15) is 11.5 Å². The average molecular weight is 494 g/mol. The first-order valence-corrected chi connectivity index (χ1v) is 11.3. The van der Waals surface area contributed by atoms with Crippen LogP contribution < -0.4 is 18.9 Å². The molecule has 180 valence electrons. The Hall–Kier alpha value is -3.97. The van der Waals surface area contributed by atoms with Gasteiger partial charge >= 0.3 is 5.97 Å². The molecule has 0 fully saturated rings. The highest BCUT2D eigenvalue weighted by molar-refractivity contribution is 6.30. The Labute approximate surface area is 208 Å². The number of rotatable bonds is 10. The van der Waals surface area contributed by atoms with Gasteiger partial charge in [-0.1, -0.05) is 23.7 Å². The molecule has 1 aliphatic rings. The van der Waals surface area contributed by atoms with Crippen LogP contribution in [0.1, 0.15) is 17.5 Å². The number of cyclic esters (lactones) is 1. The first kappa shape index (κ1) is 24.2. The highest BCUT2D eigenvalue weighted by atomic mass is 35.5. The SMILES string of the molecule is COc1cccc(OCCCOc2ccc(C=C3N=C(c4ccc(Cl)cc4)OC3=O)cc2OC)c1. The van der Waals surface area contributed by atoms with E-state index >= 15 is 0 Å². The molecular formula is C27H24ClNO6. The summed E-state index contributed by atoms with van der Waals surface area (Å²) in [6.07, 6.45) is 2.32. The number of carbonyl (C=O) groups excluding carboxylic acids is 1. The fraction of sp³-hybridized carbons (Fsp3) is 0.185. The minimum atomic E-state index is -0.523. The minimum absolute atomic E-state index is 0.195. The number of carbonyl (C=O) groups is 1. The number of methoxy groups -OCH3 is 2. The lowest BCUT2D eigenvalue weighted by Gasteiger charge is -2.12. The molecule has 0 radical (unpaired) electrons. The maximum atomic E-state index is 12.3. The largest absolute Gasteiger partial charge is 0.497 e. The molecule has 0 aromatic heterocycles. The lowest BCUT2D eigenvalue weighted by molar-refractivity contribution is -0.129. The van der Waals surface area contributed by atoms with E-state index in [9.17, 15) is 4.79 Å². The van der Waals surface area contributed by atoms with Gasteiger partial charge in [0.15, 0.2) is 17.2 Å². The standard InChI is InChI=1S/C27H24ClNO6/c1-31-21-5-3-6-22(17-21)33-13-4-14-34-24-12-7-18(16-25(24)32-2)15-23-27(30)35-26(29-23)19-8-10-20(28)11-9-19/h3,5-12,15-17H,4,13-14H2,1-2H3. The quantitative estimate of drug-likeness (QED) is 0.209. The molecule has 0 N–H and O–H groups in total. The topological polar surface area (TPSA) is 75.6 Å². The molecule has 0 saturated carbocycles. The molecule has 0 amide bonds. The highest BCUT2D eigenvalue weighted by Crippen LogP contribution is 2.30. The van der Waals surface area contributed by atoms with Crippen molar-refractivity contribution in [2.75, 3.05) is 27.4 Å². The van der Waals surface area contributed by atoms with Crippen LogP contribution in [0.25, 0.3) is 6.08 Å². The van der Waals surface area contributed by atoms with Gasteiger partial charge in [0.05, 0.1) is 27.4 Å². The van der Waals surface area contributed by atoms with Gasteiger partial charge in [-0.15, -0.1) is 0 Å². The number of nitrogens with zero attached hydrogens (tertiary/aromatic N) is 1. The van der Waals surface area contributed by atoms with Crippen LogP contribution >= 0.6 is 11.6 Å². The zero-order valence-electron chi connectivity index (χ0n) is 19.3. The van der Waals surface area contributed by atoms with Crippen molar-refractivity contribution in [3.8, 4) is 23.0 Å². The molecule has 7 nitrogen and oxygen atoms in total. The second-order valence-electron chi connectivity index (χ2n) is 7.48. The lowest BCUT2D eigenvalue weighted by atomic mass is 10.1. The second kappa shape index (κ2) is 11.4. The molecule has 1 heterocycles. The summed E-state index contributed by atoms with van der Waals surface area (Å²) in [4.78, 5) is 16.6. The van der Waals surface area contributed by atoms with Crippen LogP contribution in [0.3, 0.4) is 0 Å². The number of benzene rings is 3. The summed E-state index contributed by atoms with van der Waals surface area (Å²) < 4.78 is 27.6. The van der Waals surface area contributed by atoms with Crippen LogP contribution in [0.4, 0.5) is 0 Å². The number of hydrogen-bond donors (Lipinski definition) is 0. The van der Waals surface area contributed by atoms with E-state index in [1.165, 1.54) is 0 Å². The van der Waals surface area contributed by atoms with E-state index in [4.69, 9.17) is 35.3 Å². The molecule has 0 bridgehead atoms. The lowest BCUT2D eigenvalue weighted by Crippen LogP contribution is -2.06. The van der Waals surface area contributed by atoms with Crippen LogP contribution in [0.15, 0.2) is 77.4 Å². The highest BCUT2D eigenvalue weighted by Gasteiger charge is 2.24. The molecule has 0 aliphatic carbocycles. The van der Waals surface area contributed by atoms with E-state index in [0.717, 1.165) is 17.1 Å². The van der Waals surface area contributed by atoms with E-state index in [1.54, 1.807) is 56.7 Å². The summed E-state index contributed by atoms with van der Waals surface area (Å²) in [6.45, 7) is 0.942. The van der Waals surface area contributed by atoms with Crippen LogP contribution in [-0.4, -0.2) is 39.3 Å². The molecule has 3 aromatic carbocycles. The van der Waals surface area contributed by atoms with Crippen molar-refractivity contribution in [1.82, 2.24) is 0 Å². The molecule has 35 heavy (non-hydrogen) atoms.